The van der Waals surface area contributed by atoms with Gasteiger partial charge in [-0.05, 0) is 36.8 Å². The van der Waals surface area contributed by atoms with Crippen molar-refractivity contribution in [2.24, 2.45) is 0 Å². The van der Waals surface area contributed by atoms with Crippen LogP contribution in [0.1, 0.15) is 12.5 Å². The highest BCUT2D eigenvalue weighted by Crippen LogP contribution is 2.27. The molecule has 6 heteroatoms. The van der Waals surface area contributed by atoms with Crippen LogP contribution in [0.25, 0.3) is 0 Å². The summed E-state index contributed by atoms with van der Waals surface area (Å²) >= 11 is 0. The molecule has 0 radical (unpaired) electrons. The lowest BCUT2D eigenvalue weighted by Crippen LogP contribution is -3.19. The molecule has 1 aliphatic rings. The maximum Gasteiger partial charge on any atom is 0.278 e. The number of nitrogens with one attached hydrogen (secondary N) is 2. The van der Waals surface area contributed by atoms with Gasteiger partial charge in [0.05, 0.1) is 39.0 Å². The quantitative estimate of drug-likeness (QED) is 0.802. The fraction of sp³-hybridized carbons (Fsp3) is 0.381. The van der Waals surface area contributed by atoms with Crippen molar-refractivity contribution in [2.75, 3.05) is 38.2 Å². The van der Waals surface area contributed by atoms with Gasteiger partial charge in [-0.2, -0.15) is 0 Å². The van der Waals surface area contributed by atoms with E-state index in [1.54, 1.807) is 19.2 Å². The molecule has 0 spiro atoms. The normalized spacial score (nSPS) is 16.0. The smallest absolute Gasteiger partial charge is 0.278 e. The maximum absolute atomic E-state index is 13.0. The van der Waals surface area contributed by atoms with E-state index in [4.69, 9.17) is 4.74 Å². The standard InChI is InChI=1S/C21H26FN3O2/c1-16(21(26)23-15-17-7-9-18(22)10-8-17)24-11-13-25(14-12-24)19-5-3-4-6-20(19)27-2/h3-10,16H,11-15H2,1-2H3,(H,23,26)/p+1/t16-/m1/s1. The minimum atomic E-state index is -0.268. The molecule has 2 N–H and O–H groups in total. The fourth-order valence-electron chi connectivity index (χ4n) is 3.49. The van der Waals surface area contributed by atoms with E-state index in [0.717, 1.165) is 43.2 Å². The third kappa shape index (κ3) is 4.77. The Hall–Kier alpha value is -2.60. The summed E-state index contributed by atoms with van der Waals surface area (Å²) < 4.78 is 18.4. The molecule has 1 amide bonds. The summed E-state index contributed by atoms with van der Waals surface area (Å²) in [7, 11) is 1.69. The van der Waals surface area contributed by atoms with Crippen LogP contribution in [0.2, 0.25) is 0 Å². The average Bonchev–Trinajstić information content (AvgIpc) is 2.72. The number of nitrogens with zero attached hydrogens (tertiary/aromatic N) is 1. The molecule has 1 fully saturated rings. The van der Waals surface area contributed by atoms with Crippen molar-refractivity contribution in [3.05, 3.63) is 59.9 Å². The van der Waals surface area contributed by atoms with Crippen molar-refractivity contribution < 1.29 is 18.8 Å². The Bertz CT molecular complexity index is 758. The monoisotopic (exact) mass is 372 g/mol. The molecular formula is C21H27FN3O2+. The third-order valence-corrected chi connectivity index (χ3v) is 5.22. The largest absolute Gasteiger partial charge is 0.495 e. The van der Waals surface area contributed by atoms with Gasteiger partial charge in [-0.25, -0.2) is 4.39 Å². The van der Waals surface area contributed by atoms with E-state index in [9.17, 15) is 9.18 Å². The van der Waals surface area contributed by atoms with Crippen LogP contribution in [0, 0.1) is 5.82 Å². The minimum Gasteiger partial charge on any atom is -0.495 e. The predicted octanol–water partition coefficient (Wildman–Crippen LogP) is 1.24. The van der Waals surface area contributed by atoms with Gasteiger partial charge in [0.1, 0.15) is 11.6 Å². The molecule has 1 heterocycles. The Morgan fingerprint density at radius 1 is 1.19 bits per heavy atom. The van der Waals surface area contributed by atoms with Crippen molar-refractivity contribution >= 4 is 11.6 Å². The number of rotatable bonds is 6. The van der Waals surface area contributed by atoms with Crippen LogP contribution in [0.5, 0.6) is 5.75 Å². The zero-order chi connectivity index (χ0) is 19.2. The summed E-state index contributed by atoms with van der Waals surface area (Å²) in [6.45, 7) is 5.93. The van der Waals surface area contributed by atoms with Gasteiger partial charge in [-0.3, -0.25) is 4.79 Å². The van der Waals surface area contributed by atoms with Crippen molar-refractivity contribution in [3.8, 4) is 5.75 Å². The van der Waals surface area contributed by atoms with Gasteiger partial charge in [0.25, 0.3) is 5.91 Å². The van der Waals surface area contributed by atoms with Crippen LogP contribution in [0.3, 0.4) is 0 Å². The zero-order valence-electron chi connectivity index (χ0n) is 15.9. The number of carbonyl (C=O) groups is 1. The summed E-state index contributed by atoms with van der Waals surface area (Å²) in [5.41, 5.74) is 2.00. The third-order valence-electron chi connectivity index (χ3n) is 5.22. The number of hydrogen-bond donors (Lipinski definition) is 2. The summed E-state index contributed by atoms with van der Waals surface area (Å²) in [6, 6.07) is 14.1. The Morgan fingerprint density at radius 3 is 2.52 bits per heavy atom. The molecule has 2 aromatic carbocycles. The van der Waals surface area contributed by atoms with Gasteiger partial charge >= 0.3 is 0 Å². The lowest BCUT2D eigenvalue weighted by molar-refractivity contribution is -0.914. The molecule has 0 aliphatic carbocycles. The van der Waals surface area contributed by atoms with Gasteiger partial charge in [0.15, 0.2) is 6.04 Å². The van der Waals surface area contributed by atoms with Crippen LogP contribution in [0.15, 0.2) is 48.5 Å². The number of amides is 1. The number of ether oxygens (including phenoxy) is 1. The highest BCUT2D eigenvalue weighted by molar-refractivity contribution is 5.79. The van der Waals surface area contributed by atoms with Gasteiger partial charge in [-0.15, -0.1) is 0 Å². The highest BCUT2D eigenvalue weighted by atomic mass is 19.1. The Balaban J connectivity index is 1.51. The number of benzene rings is 2. The second-order valence-corrected chi connectivity index (χ2v) is 6.88. The molecule has 0 unspecified atom stereocenters. The van der Waals surface area contributed by atoms with Crippen LogP contribution < -0.4 is 19.9 Å². The molecule has 0 bridgehead atoms. The van der Waals surface area contributed by atoms with E-state index in [2.05, 4.69) is 16.3 Å². The number of methoxy groups -OCH3 is 1. The molecule has 2 aromatic rings. The van der Waals surface area contributed by atoms with E-state index in [1.807, 2.05) is 25.1 Å². The van der Waals surface area contributed by atoms with Crippen LogP contribution in [-0.4, -0.2) is 45.2 Å². The molecule has 1 aliphatic heterocycles. The van der Waals surface area contributed by atoms with E-state index < -0.39 is 0 Å². The van der Waals surface area contributed by atoms with Crippen LogP contribution in [-0.2, 0) is 11.3 Å². The summed E-state index contributed by atoms with van der Waals surface area (Å²) in [5, 5.41) is 2.96. The molecule has 0 aromatic heterocycles. The van der Waals surface area contributed by atoms with Crippen molar-refractivity contribution in [3.63, 3.8) is 0 Å². The second kappa shape index (κ2) is 8.86. The maximum atomic E-state index is 13.0. The first-order chi connectivity index (χ1) is 13.1. The number of anilines is 1. The number of halogens is 1. The number of para-hydroxylation sites is 2. The zero-order valence-corrected chi connectivity index (χ0v) is 15.9. The first kappa shape index (κ1) is 19.2. The topological polar surface area (TPSA) is 46.0 Å². The Morgan fingerprint density at radius 2 is 1.85 bits per heavy atom. The molecule has 144 valence electrons. The van der Waals surface area contributed by atoms with Gasteiger partial charge in [0.2, 0.25) is 0 Å². The second-order valence-electron chi connectivity index (χ2n) is 6.88. The van der Waals surface area contributed by atoms with E-state index in [1.165, 1.54) is 17.0 Å². The number of piperazine rings is 1. The number of quaternary nitrogens is 1. The van der Waals surface area contributed by atoms with Crippen LogP contribution >= 0.6 is 0 Å². The van der Waals surface area contributed by atoms with Crippen molar-refractivity contribution in [1.29, 1.82) is 0 Å². The summed E-state index contributed by atoms with van der Waals surface area (Å²) in [6.07, 6.45) is 0. The molecule has 1 saturated heterocycles. The molecule has 0 saturated carbocycles. The van der Waals surface area contributed by atoms with Crippen molar-refractivity contribution in [1.82, 2.24) is 5.32 Å². The average molecular weight is 372 g/mol. The number of hydrogen-bond acceptors (Lipinski definition) is 3. The fourth-order valence-corrected chi connectivity index (χ4v) is 3.49. The summed E-state index contributed by atoms with van der Waals surface area (Å²) in [4.78, 5) is 16.1. The Labute approximate surface area is 159 Å². The van der Waals surface area contributed by atoms with Gasteiger partial charge in [0, 0.05) is 6.54 Å². The van der Waals surface area contributed by atoms with Crippen LogP contribution in [0.4, 0.5) is 10.1 Å². The van der Waals surface area contributed by atoms with E-state index >= 15 is 0 Å². The highest BCUT2D eigenvalue weighted by Gasteiger charge is 2.29. The van der Waals surface area contributed by atoms with Gasteiger partial charge < -0.3 is 19.9 Å². The molecule has 1 atom stereocenters. The summed E-state index contributed by atoms with van der Waals surface area (Å²) in [5.74, 6) is 0.641. The van der Waals surface area contributed by atoms with E-state index in [0.29, 0.717) is 6.54 Å². The first-order valence-corrected chi connectivity index (χ1v) is 9.33. The lowest BCUT2D eigenvalue weighted by Gasteiger charge is -2.36. The SMILES string of the molecule is COc1ccccc1N1CC[NH+]([C@H](C)C(=O)NCc2ccc(F)cc2)CC1. The predicted molar refractivity (Wildman–Crippen MR) is 104 cm³/mol. The van der Waals surface area contributed by atoms with Crippen molar-refractivity contribution in [2.45, 2.75) is 19.5 Å². The lowest BCUT2D eigenvalue weighted by atomic mass is 10.1. The minimum absolute atomic E-state index is 0.0278. The molecular weight excluding hydrogens is 345 g/mol. The Kier molecular flexibility index (Phi) is 6.29. The molecule has 27 heavy (non-hydrogen) atoms. The molecule has 3 rings (SSSR count). The first-order valence-electron chi connectivity index (χ1n) is 9.33. The van der Waals surface area contributed by atoms with Gasteiger partial charge in [-0.1, -0.05) is 24.3 Å². The number of carbonyl (C=O) groups excluding carboxylic acids is 1. The van der Waals surface area contributed by atoms with E-state index in [-0.39, 0.29) is 17.8 Å². The molecule has 5 nitrogen and oxygen atoms in total.